The fraction of sp³-hybridized carbons (Fsp3) is 0. The van der Waals surface area contributed by atoms with Gasteiger partial charge >= 0.3 is 0 Å². The zero-order chi connectivity index (χ0) is 9.26. The quantitative estimate of drug-likeness (QED) is 0.689. The van der Waals surface area contributed by atoms with Gasteiger partial charge in [0.25, 0.3) is 0 Å². The smallest absolute Gasteiger partial charge is 0.111 e. The summed E-state index contributed by atoms with van der Waals surface area (Å²) < 4.78 is 0. The van der Waals surface area contributed by atoms with Crippen LogP contribution in [0, 0.1) is 5.53 Å². The van der Waals surface area contributed by atoms with E-state index < -0.39 is 0 Å². The summed E-state index contributed by atoms with van der Waals surface area (Å²) in [7, 11) is 0. The lowest BCUT2D eigenvalue weighted by molar-refractivity contribution is 1.15. The van der Waals surface area contributed by atoms with Gasteiger partial charge in [-0.15, -0.1) is 0 Å². The molecular formula is C9H6ClN3. The number of aromatic nitrogens is 1. The van der Waals surface area contributed by atoms with Crippen LogP contribution in [0.4, 0.5) is 5.69 Å². The standard InChI is InChI=1S/C9H6ClN3/c10-7-3-4-8(13-11)9-6(7)2-1-5-12-9/h1-5,11H. The largest absolute Gasteiger partial charge is 0.254 e. The van der Waals surface area contributed by atoms with Crippen LogP contribution >= 0.6 is 11.6 Å². The minimum Gasteiger partial charge on any atom is -0.254 e. The molecule has 3 nitrogen and oxygen atoms in total. The number of benzene rings is 1. The van der Waals surface area contributed by atoms with E-state index in [-0.39, 0.29) is 0 Å². The summed E-state index contributed by atoms with van der Waals surface area (Å²) in [6.45, 7) is 0. The zero-order valence-corrected chi connectivity index (χ0v) is 7.42. The number of halogens is 1. The molecule has 0 saturated heterocycles. The van der Waals surface area contributed by atoms with Crippen LogP contribution in [0.5, 0.6) is 0 Å². The van der Waals surface area contributed by atoms with Gasteiger partial charge in [0.15, 0.2) is 0 Å². The highest BCUT2D eigenvalue weighted by molar-refractivity contribution is 6.35. The number of nitrogens with zero attached hydrogens (tertiary/aromatic N) is 2. The molecule has 0 atom stereocenters. The van der Waals surface area contributed by atoms with Gasteiger partial charge in [-0.3, -0.25) is 4.98 Å². The maximum absolute atomic E-state index is 6.94. The SMILES string of the molecule is N=Nc1ccc(Cl)c2cccnc12. The van der Waals surface area contributed by atoms with Gasteiger partial charge in [0.05, 0.1) is 10.5 Å². The van der Waals surface area contributed by atoms with Gasteiger partial charge in [0, 0.05) is 11.6 Å². The average molecular weight is 192 g/mol. The van der Waals surface area contributed by atoms with Crippen molar-refractivity contribution in [2.45, 2.75) is 0 Å². The molecule has 0 aliphatic carbocycles. The molecule has 0 aliphatic rings. The molecule has 0 saturated carbocycles. The molecule has 1 heterocycles. The first-order chi connectivity index (χ1) is 6.33. The molecule has 64 valence electrons. The fourth-order valence-electron chi connectivity index (χ4n) is 1.21. The third-order valence-electron chi connectivity index (χ3n) is 1.82. The third kappa shape index (κ3) is 1.27. The molecule has 1 aromatic carbocycles. The van der Waals surface area contributed by atoms with Crippen LogP contribution in [0.3, 0.4) is 0 Å². The lowest BCUT2D eigenvalue weighted by Gasteiger charge is -2.00. The van der Waals surface area contributed by atoms with Gasteiger partial charge < -0.3 is 0 Å². The van der Waals surface area contributed by atoms with Crippen molar-refractivity contribution in [1.82, 2.24) is 4.98 Å². The summed E-state index contributed by atoms with van der Waals surface area (Å²) >= 11 is 5.94. The molecule has 4 heteroatoms. The number of nitrogens with one attached hydrogen (secondary N) is 1. The molecule has 13 heavy (non-hydrogen) atoms. The summed E-state index contributed by atoms with van der Waals surface area (Å²) in [4.78, 5) is 4.11. The van der Waals surface area contributed by atoms with Crippen LogP contribution in [0.1, 0.15) is 0 Å². The summed E-state index contributed by atoms with van der Waals surface area (Å²) in [6.07, 6.45) is 1.66. The van der Waals surface area contributed by atoms with Crippen molar-refractivity contribution in [3.63, 3.8) is 0 Å². The molecule has 1 N–H and O–H groups in total. The van der Waals surface area contributed by atoms with Crippen molar-refractivity contribution in [1.29, 1.82) is 5.53 Å². The summed E-state index contributed by atoms with van der Waals surface area (Å²) in [5, 5.41) is 4.83. The minimum atomic E-state index is 0.542. The van der Waals surface area contributed by atoms with Gasteiger partial charge in [0.2, 0.25) is 0 Å². The van der Waals surface area contributed by atoms with Gasteiger partial charge in [-0.1, -0.05) is 11.6 Å². The van der Waals surface area contributed by atoms with E-state index in [4.69, 9.17) is 17.1 Å². The molecule has 0 fully saturated rings. The molecule has 0 unspecified atom stereocenters. The first kappa shape index (κ1) is 8.13. The van der Waals surface area contributed by atoms with E-state index in [2.05, 4.69) is 10.1 Å². The monoisotopic (exact) mass is 191 g/mol. The number of hydrogen-bond acceptors (Lipinski definition) is 3. The van der Waals surface area contributed by atoms with E-state index in [1.807, 2.05) is 12.1 Å². The Kier molecular flexibility index (Phi) is 1.94. The summed E-state index contributed by atoms with van der Waals surface area (Å²) in [5.41, 5.74) is 8.15. The van der Waals surface area contributed by atoms with Crippen molar-refractivity contribution in [3.05, 3.63) is 35.5 Å². The molecule has 0 aliphatic heterocycles. The maximum Gasteiger partial charge on any atom is 0.111 e. The fourth-order valence-corrected chi connectivity index (χ4v) is 1.43. The van der Waals surface area contributed by atoms with Crippen molar-refractivity contribution in [2.75, 3.05) is 0 Å². The van der Waals surface area contributed by atoms with E-state index in [0.717, 1.165) is 5.39 Å². The van der Waals surface area contributed by atoms with Gasteiger partial charge in [-0.2, -0.15) is 5.11 Å². The molecule has 0 amide bonds. The topological polar surface area (TPSA) is 49.1 Å². The average Bonchev–Trinajstić information content (AvgIpc) is 2.19. The van der Waals surface area contributed by atoms with Crippen molar-refractivity contribution in [3.8, 4) is 0 Å². The Hall–Kier alpha value is -1.48. The Morgan fingerprint density at radius 3 is 2.92 bits per heavy atom. The van der Waals surface area contributed by atoms with E-state index in [9.17, 15) is 0 Å². The second-order valence-electron chi connectivity index (χ2n) is 2.58. The molecule has 0 radical (unpaired) electrons. The van der Waals surface area contributed by atoms with Crippen molar-refractivity contribution in [2.24, 2.45) is 5.11 Å². The highest BCUT2D eigenvalue weighted by Crippen LogP contribution is 2.29. The molecule has 2 aromatic rings. The molecule has 0 spiro atoms. The Balaban J connectivity index is 2.92. The lowest BCUT2D eigenvalue weighted by Crippen LogP contribution is -1.78. The predicted octanol–water partition coefficient (Wildman–Crippen LogP) is 3.55. The van der Waals surface area contributed by atoms with Crippen LogP contribution < -0.4 is 0 Å². The first-order valence-corrected chi connectivity index (χ1v) is 4.11. The highest BCUT2D eigenvalue weighted by atomic mass is 35.5. The molecule has 0 bridgehead atoms. The number of hydrogen-bond donors (Lipinski definition) is 1. The second kappa shape index (κ2) is 3.11. The Labute approximate surface area is 79.9 Å². The van der Waals surface area contributed by atoms with E-state index in [1.54, 1.807) is 18.3 Å². The first-order valence-electron chi connectivity index (χ1n) is 3.73. The third-order valence-corrected chi connectivity index (χ3v) is 2.15. The minimum absolute atomic E-state index is 0.542. The Bertz CT molecular complexity index is 467. The zero-order valence-electron chi connectivity index (χ0n) is 6.66. The van der Waals surface area contributed by atoms with Crippen LogP contribution in [0.25, 0.3) is 10.9 Å². The van der Waals surface area contributed by atoms with Crippen LogP contribution in [0.15, 0.2) is 35.6 Å². The predicted molar refractivity (Wildman–Crippen MR) is 51.6 cm³/mol. The maximum atomic E-state index is 6.94. The van der Waals surface area contributed by atoms with E-state index in [0.29, 0.717) is 16.2 Å². The number of rotatable bonds is 1. The van der Waals surface area contributed by atoms with Crippen LogP contribution in [0.2, 0.25) is 5.02 Å². The van der Waals surface area contributed by atoms with Gasteiger partial charge in [-0.25, -0.2) is 5.53 Å². The number of fused-ring (bicyclic) bond motifs is 1. The van der Waals surface area contributed by atoms with Crippen LogP contribution in [-0.2, 0) is 0 Å². The number of pyridine rings is 1. The van der Waals surface area contributed by atoms with E-state index in [1.165, 1.54) is 0 Å². The molecular weight excluding hydrogens is 186 g/mol. The van der Waals surface area contributed by atoms with Crippen molar-refractivity contribution < 1.29 is 0 Å². The Morgan fingerprint density at radius 1 is 1.31 bits per heavy atom. The van der Waals surface area contributed by atoms with Crippen molar-refractivity contribution >= 4 is 28.2 Å². The lowest BCUT2D eigenvalue weighted by atomic mass is 10.2. The van der Waals surface area contributed by atoms with E-state index >= 15 is 0 Å². The Morgan fingerprint density at radius 2 is 2.15 bits per heavy atom. The van der Waals surface area contributed by atoms with Crippen LogP contribution in [-0.4, -0.2) is 4.98 Å². The normalized spacial score (nSPS) is 10.2. The molecule has 2 rings (SSSR count). The second-order valence-corrected chi connectivity index (χ2v) is 2.99. The van der Waals surface area contributed by atoms with Gasteiger partial charge in [-0.05, 0) is 24.3 Å². The highest BCUT2D eigenvalue weighted by Gasteiger charge is 2.03. The molecule has 1 aromatic heterocycles. The van der Waals surface area contributed by atoms with Gasteiger partial charge in [0.1, 0.15) is 5.69 Å². The summed E-state index contributed by atoms with van der Waals surface area (Å²) in [6, 6.07) is 7.07. The summed E-state index contributed by atoms with van der Waals surface area (Å²) in [5.74, 6) is 0.